The molecule has 1 amide bonds. The van der Waals surface area contributed by atoms with Gasteiger partial charge in [-0.2, -0.15) is 0 Å². The first-order valence-electron chi connectivity index (χ1n) is 3.78. The van der Waals surface area contributed by atoms with Crippen molar-refractivity contribution >= 4 is 24.2 Å². The van der Waals surface area contributed by atoms with Crippen molar-refractivity contribution in [3.8, 4) is 5.75 Å². The van der Waals surface area contributed by atoms with Gasteiger partial charge in [0.1, 0.15) is 5.75 Å². The fraction of sp³-hybridized carbons (Fsp3) is 0.222. The number of hydrogen-bond donors (Lipinski definition) is 2. The molecule has 0 heterocycles. The molecule has 0 atom stereocenters. The summed E-state index contributed by atoms with van der Waals surface area (Å²) in [5.41, 5.74) is 0.662. The van der Waals surface area contributed by atoms with Gasteiger partial charge >= 0.3 is 0 Å². The first-order chi connectivity index (χ1) is 6.15. The quantitative estimate of drug-likeness (QED) is 0.711. The fourth-order valence-electron chi connectivity index (χ4n) is 0.978. The van der Waals surface area contributed by atoms with Gasteiger partial charge in [-0.3, -0.25) is 4.79 Å². The lowest BCUT2D eigenvalue weighted by atomic mass is 10.3. The van der Waals surface area contributed by atoms with Crippen LogP contribution in [0.15, 0.2) is 23.1 Å². The van der Waals surface area contributed by atoms with Gasteiger partial charge in [0.05, 0.1) is 17.7 Å². The van der Waals surface area contributed by atoms with Gasteiger partial charge in [-0.25, -0.2) is 0 Å². The Labute approximate surface area is 82.5 Å². The van der Waals surface area contributed by atoms with Crippen LogP contribution in [0.1, 0.15) is 6.92 Å². The van der Waals surface area contributed by atoms with E-state index in [2.05, 4.69) is 17.9 Å². The number of nitrogens with one attached hydrogen (secondary N) is 1. The number of methoxy groups -OCH3 is 1. The van der Waals surface area contributed by atoms with Gasteiger partial charge in [0.15, 0.2) is 0 Å². The van der Waals surface area contributed by atoms with Gasteiger partial charge in [0.2, 0.25) is 5.91 Å². The van der Waals surface area contributed by atoms with Crippen molar-refractivity contribution in [1.29, 1.82) is 0 Å². The van der Waals surface area contributed by atoms with Crippen molar-refractivity contribution in [2.45, 2.75) is 11.8 Å². The van der Waals surface area contributed by atoms with E-state index in [0.717, 1.165) is 0 Å². The van der Waals surface area contributed by atoms with Gasteiger partial charge in [-0.1, -0.05) is 6.07 Å². The predicted octanol–water partition coefficient (Wildman–Crippen LogP) is 1.94. The summed E-state index contributed by atoms with van der Waals surface area (Å²) in [6.45, 7) is 1.45. The minimum atomic E-state index is -0.122. The topological polar surface area (TPSA) is 38.3 Å². The monoisotopic (exact) mass is 197 g/mol. The maximum absolute atomic E-state index is 10.8. The standard InChI is InChI=1S/C9H11NO2S/c1-6(11)10-7-4-3-5-8(12-2)9(7)13/h3-5,13H,1-2H3,(H,10,11). The van der Waals surface area contributed by atoms with E-state index in [4.69, 9.17) is 4.74 Å². The molecule has 1 aromatic rings. The average molecular weight is 197 g/mol. The second-order valence-corrected chi connectivity index (χ2v) is 2.98. The molecule has 0 spiro atoms. The Morgan fingerprint density at radius 2 is 2.23 bits per heavy atom. The molecule has 1 rings (SSSR count). The van der Waals surface area contributed by atoms with Crippen LogP contribution in [-0.2, 0) is 4.79 Å². The van der Waals surface area contributed by atoms with Gasteiger partial charge < -0.3 is 10.1 Å². The third-order valence-corrected chi connectivity index (χ3v) is 1.99. The Balaban J connectivity index is 3.01. The van der Waals surface area contributed by atoms with E-state index in [9.17, 15) is 4.79 Å². The number of carbonyl (C=O) groups excluding carboxylic acids is 1. The zero-order valence-electron chi connectivity index (χ0n) is 7.50. The van der Waals surface area contributed by atoms with E-state index >= 15 is 0 Å². The largest absolute Gasteiger partial charge is 0.496 e. The maximum Gasteiger partial charge on any atom is 0.221 e. The minimum Gasteiger partial charge on any atom is -0.496 e. The Hall–Kier alpha value is -1.16. The van der Waals surface area contributed by atoms with Crippen molar-refractivity contribution in [2.24, 2.45) is 0 Å². The molecular weight excluding hydrogens is 186 g/mol. The van der Waals surface area contributed by atoms with Gasteiger partial charge in [0, 0.05) is 6.92 Å². The van der Waals surface area contributed by atoms with Crippen LogP contribution >= 0.6 is 12.6 Å². The van der Waals surface area contributed by atoms with E-state index in [0.29, 0.717) is 16.3 Å². The molecule has 4 heteroatoms. The smallest absolute Gasteiger partial charge is 0.221 e. The van der Waals surface area contributed by atoms with Crippen LogP contribution < -0.4 is 10.1 Å². The summed E-state index contributed by atoms with van der Waals surface area (Å²) in [5, 5.41) is 2.65. The number of anilines is 1. The average Bonchev–Trinajstić information content (AvgIpc) is 2.08. The van der Waals surface area contributed by atoms with E-state index in [1.807, 2.05) is 0 Å². The van der Waals surface area contributed by atoms with Crippen molar-refractivity contribution in [1.82, 2.24) is 0 Å². The second kappa shape index (κ2) is 4.18. The summed E-state index contributed by atoms with van der Waals surface area (Å²) in [7, 11) is 1.56. The number of carbonyl (C=O) groups is 1. The highest BCUT2D eigenvalue weighted by Crippen LogP contribution is 2.29. The molecule has 0 fully saturated rings. The van der Waals surface area contributed by atoms with E-state index < -0.39 is 0 Å². The van der Waals surface area contributed by atoms with Crippen LogP contribution in [0.2, 0.25) is 0 Å². The van der Waals surface area contributed by atoms with E-state index in [-0.39, 0.29) is 5.91 Å². The fourth-order valence-corrected chi connectivity index (χ4v) is 1.27. The summed E-state index contributed by atoms with van der Waals surface area (Å²) < 4.78 is 5.04. The Bertz CT molecular complexity index is 325. The SMILES string of the molecule is COc1cccc(NC(C)=O)c1S. The van der Waals surface area contributed by atoms with Gasteiger partial charge in [-0.05, 0) is 12.1 Å². The van der Waals surface area contributed by atoms with Crippen molar-refractivity contribution in [3.63, 3.8) is 0 Å². The first-order valence-corrected chi connectivity index (χ1v) is 4.23. The molecule has 0 aliphatic carbocycles. The summed E-state index contributed by atoms with van der Waals surface area (Å²) in [6, 6.07) is 5.35. The number of benzene rings is 1. The van der Waals surface area contributed by atoms with Crippen LogP contribution in [0, 0.1) is 0 Å². The number of amides is 1. The molecule has 0 saturated heterocycles. The summed E-state index contributed by atoms with van der Waals surface area (Å²) in [4.78, 5) is 11.4. The van der Waals surface area contributed by atoms with Crippen LogP contribution in [0.5, 0.6) is 5.75 Å². The number of hydrogen-bond acceptors (Lipinski definition) is 3. The lowest BCUT2D eigenvalue weighted by Gasteiger charge is -2.08. The lowest BCUT2D eigenvalue weighted by Crippen LogP contribution is -2.06. The van der Waals surface area contributed by atoms with Crippen molar-refractivity contribution < 1.29 is 9.53 Å². The van der Waals surface area contributed by atoms with E-state index in [1.54, 1.807) is 25.3 Å². The Morgan fingerprint density at radius 1 is 1.54 bits per heavy atom. The van der Waals surface area contributed by atoms with Crippen LogP contribution in [0.25, 0.3) is 0 Å². The third kappa shape index (κ3) is 2.39. The third-order valence-electron chi connectivity index (χ3n) is 1.53. The number of ether oxygens (including phenoxy) is 1. The first kappa shape index (κ1) is 9.92. The number of rotatable bonds is 2. The molecular formula is C9H11NO2S. The molecule has 0 aromatic heterocycles. The zero-order valence-corrected chi connectivity index (χ0v) is 8.39. The van der Waals surface area contributed by atoms with Crippen molar-refractivity contribution in [3.05, 3.63) is 18.2 Å². The van der Waals surface area contributed by atoms with Crippen molar-refractivity contribution in [2.75, 3.05) is 12.4 Å². The summed E-state index contributed by atoms with van der Waals surface area (Å²) >= 11 is 4.23. The van der Waals surface area contributed by atoms with Crippen LogP contribution in [0.4, 0.5) is 5.69 Å². The zero-order chi connectivity index (χ0) is 9.84. The Kier molecular flexibility index (Phi) is 3.19. The molecule has 0 unspecified atom stereocenters. The molecule has 70 valence electrons. The van der Waals surface area contributed by atoms with Gasteiger partial charge in [-0.15, -0.1) is 12.6 Å². The molecule has 0 saturated carbocycles. The minimum absolute atomic E-state index is 0.122. The van der Waals surface area contributed by atoms with Gasteiger partial charge in [0.25, 0.3) is 0 Å². The lowest BCUT2D eigenvalue weighted by molar-refractivity contribution is -0.114. The number of thiol groups is 1. The molecule has 0 bridgehead atoms. The molecule has 3 nitrogen and oxygen atoms in total. The highest BCUT2D eigenvalue weighted by Gasteiger charge is 2.05. The van der Waals surface area contributed by atoms with Crippen LogP contribution in [-0.4, -0.2) is 13.0 Å². The predicted molar refractivity (Wildman–Crippen MR) is 54.5 cm³/mol. The molecule has 0 radical (unpaired) electrons. The normalized spacial score (nSPS) is 9.46. The molecule has 0 aliphatic rings. The molecule has 13 heavy (non-hydrogen) atoms. The second-order valence-electron chi connectivity index (χ2n) is 2.54. The highest BCUT2D eigenvalue weighted by atomic mass is 32.1. The van der Waals surface area contributed by atoms with Crippen LogP contribution in [0.3, 0.4) is 0 Å². The molecule has 1 N–H and O–H groups in total. The Morgan fingerprint density at radius 3 is 2.77 bits per heavy atom. The molecule has 0 aliphatic heterocycles. The highest BCUT2D eigenvalue weighted by molar-refractivity contribution is 7.80. The molecule has 1 aromatic carbocycles. The summed E-state index contributed by atoms with van der Waals surface area (Å²) in [5.74, 6) is 0.526. The summed E-state index contributed by atoms with van der Waals surface area (Å²) in [6.07, 6.45) is 0. The van der Waals surface area contributed by atoms with E-state index in [1.165, 1.54) is 6.92 Å². The maximum atomic E-state index is 10.8.